The Morgan fingerprint density at radius 2 is 1.67 bits per heavy atom. The number of aromatic nitrogens is 3. The van der Waals surface area contributed by atoms with Crippen LogP contribution in [0.25, 0.3) is 22.5 Å². The average Bonchev–Trinajstić information content (AvgIpc) is 3.23. The first-order chi connectivity index (χ1) is 16.0. The molecule has 0 radical (unpaired) electrons. The van der Waals surface area contributed by atoms with E-state index in [4.69, 9.17) is 9.47 Å². The summed E-state index contributed by atoms with van der Waals surface area (Å²) >= 11 is 0. The number of ether oxygens (including phenoxy) is 2. The third kappa shape index (κ3) is 3.98. The SMILES string of the molecule is CCc1cc(-c2nnn(Cc3ccc(C)cc3)c2-c2ccc3c(c2)OCCO3)c(O)cc1O. The number of fused-ring (bicyclic) bond motifs is 1. The van der Waals surface area contributed by atoms with Crippen LogP contribution in [0.15, 0.2) is 54.6 Å². The summed E-state index contributed by atoms with van der Waals surface area (Å²) in [5.41, 5.74) is 5.64. The van der Waals surface area contributed by atoms with Crippen molar-refractivity contribution < 1.29 is 19.7 Å². The quantitative estimate of drug-likeness (QED) is 0.464. The number of aryl methyl sites for hydroxylation is 2. The first-order valence-corrected chi connectivity index (χ1v) is 11.0. The first-order valence-electron chi connectivity index (χ1n) is 11.0. The summed E-state index contributed by atoms with van der Waals surface area (Å²) in [7, 11) is 0. The number of nitrogens with zero attached hydrogens (tertiary/aromatic N) is 3. The zero-order valence-corrected chi connectivity index (χ0v) is 18.6. The molecule has 4 aromatic rings. The number of hydrogen-bond donors (Lipinski definition) is 2. The van der Waals surface area contributed by atoms with Crippen molar-refractivity contribution in [1.29, 1.82) is 0 Å². The van der Waals surface area contributed by atoms with Crippen LogP contribution in [0.2, 0.25) is 0 Å². The fraction of sp³-hybridized carbons (Fsp3) is 0.231. The van der Waals surface area contributed by atoms with E-state index < -0.39 is 0 Å². The summed E-state index contributed by atoms with van der Waals surface area (Å²) in [4.78, 5) is 0. The molecule has 0 aliphatic carbocycles. The fourth-order valence-electron chi connectivity index (χ4n) is 4.04. The number of aromatic hydroxyl groups is 2. The zero-order valence-electron chi connectivity index (χ0n) is 18.6. The zero-order chi connectivity index (χ0) is 22.9. The fourth-order valence-corrected chi connectivity index (χ4v) is 4.04. The topological polar surface area (TPSA) is 89.6 Å². The lowest BCUT2D eigenvalue weighted by molar-refractivity contribution is 0.171. The van der Waals surface area contributed by atoms with Crippen molar-refractivity contribution in [2.24, 2.45) is 0 Å². The molecule has 0 fully saturated rings. The van der Waals surface area contributed by atoms with Crippen molar-refractivity contribution in [3.8, 4) is 45.5 Å². The molecule has 0 saturated heterocycles. The Kier molecular flexibility index (Phi) is 5.38. The van der Waals surface area contributed by atoms with Crippen molar-refractivity contribution in [3.63, 3.8) is 0 Å². The van der Waals surface area contributed by atoms with E-state index in [-0.39, 0.29) is 11.5 Å². The number of rotatable bonds is 5. The molecule has 1 aliphatic rings. The van der Waals surface area contributed by atoms with E-state index in [1.54, 1.807) is 6.07 Å². The summed E-state index contributed by atoms with van der Waals surface area (Å²) < 4.78 is 13.3. The molecule has 0 atom stereocenters. The van der Waals surface area contributed by atoms with Crippen LogP contribution < -0.4 is 9.47 Å². The van der Waals surface area contributed by atoms with Gasteiger partial charge in [0.05, 0.1) is 12.2 Å². The van der Waals surface area contributed by atoms with Gasteiger partial charge in [-0.25, -0.2) is 4.68 Å². The Morgan fingerprint density at radius 3 is 2.42 bits per heavy atom. The van der Waals surface area contributed by atoms with E-state index in [0.717, 1.165) is 22.4 Å². The van der Waals surface area contributed by atoms with Crippen LogP contribution >= 0.6 is 0 Å². The molecule has 2 heterocycles. The van der Waals surface area contributed by atoms with Gasteiger partial charge in [-0.2, -0.15) is 0 Å². The molecule has 0 saturated carbocycles. The van der Waals surface area contributed by atoms with Gasteiger partial charge in [0, 0.05) is 17.2 Å². The highest BCUT2D eigenvalue weighted by Gasteiger charge is 2.23. The van der Waals surface area contributed by atoms with Crippen LogP contribution in [-0.2, 0) is 13.0 Å². The number of phenolic OH excluding ortho intramolecular Hbond substituents is 2. The Hall–Kier alpha value is -4.00. The molecule has 0 unspecified atom stereocenters. The predicted molar refractivity (Wildman–Crippen MR) is 125 cm³/mol. The summed E-state index contributed by atoms with van der Waals surface area (Å²) in [6.07, 6.45) is 0.621. The molecule has 3 aromatic carbocycles. The smallest absolute Gasteiger partial charge is 0.162 e. The predicted octanol–water partition coefficient (Wildman–Crippen LogP) is 4.71. The molecule has 7 nitrogen and oxygen atoms in total. The Labute approximate surface area is 191 Å². The summed E-state index contributed by atoms with van der Waals surface area (Å²) in [5, 5.41) is 29.7. The molecule has 168 valence electrons. The number of hydrogen-bond acceptors (Lipinski definition) is 6. The molecule has 1 aliphatic heterocycles. The molecule has 2 N–H and O–H groups in total. The van der Waals surface area contributed by atoms with Crippen LogP contribution in [-0.4, -0.2) is 38.4 Å². The highest BCUT2D eigenvalue weighted by Crippen LogP contribution is 2.41. The van der Waals surface area contributed by atoms with E-state index >= 15 is 0 Å². The summed E-state index contributed by atoms with van der Waals surface area (Å²) in [5.74, 6) is 1.37. The normalized spacial score (nSPS) is 12.7. The third-order valence-corrected chi connectivity index (χ3v) is 5.84. The third-order valence-electron chi connectivity index (χ3n) is 5.84. The second kappa shape index (κ2) is 8.50. The lowest BCUT2D eigenvalue weighted by Crippen LogP contribution is -2.15. The maximum atomic E-state index is 10.7. The van der Waals surface area contributed by atoms with Crippen LogP contribution in [0, 0.1) is 6.92 Å². The van der Waals surface area contributed by atoms with Crippen molar-refractivity contribution in [1.82, 2.24) is 15.0 Å². The molecule has 0 amide bonds. The van der Waals surface area contributed by atoms with E-state index in [0.29, 0.717) is 48.9 Å². The van der Waals surface area contributed by atoms with E-state index in [9.17, 15) is 10.2 Å². The second-order valence-electron chi connectivity index (χ2n) is 8.14. The van der Waals surface area contributed by atoms with Crippen LogP contribution in [0.5, 0.6) is 23.0 Å². The molecule has 7 heteroatoms. The molecule has 1 aromatic heterocycles. The maximum Gasteiger partial charge on any atom is 0.162 e. The molecule has 33 heavy (non-hydrogen) atoms. The van der Waals surface area contributed by atoms with E-state index in [1.807, 2.05) is 29.8 Å². The van der Waals surface area contributed by atoms with Gasteiger partial charge in [0.1, 0.15) is 30.4 Å². The Balaban J connectivity index is 1.67. The van der Waals surface area contributed by atoms with E-state index in [1.165, 1.54) is 11.6 Å². The molecule has 5 rings (SSSR count). The molecule has 0 spiro atoms. The number of benzene rings is 3. The highest BCUT2D eigenvalue weighted by molar-refractivity contribution is 5.83. The van der Waals surface area contributed by atoms with Gasteiger partial charge in [-0.3, -0.25) is 0 Å². The number of phenols is 2. The average molecular weight is 444 g/mol. The van der Waals surface area contributed by atoms with Crippen molar-refractivity contribution in [2.75, 3.05) is 13.2 Å². The van der Waals surface area contributed by atoms with Crippen molar-refractivity contribution in [2.45, 2.75) is 26.8 Å². The lowest BCUT2D eigenvalue weighted by atomic mass is 9.99. The van der Waals surface area contributed by atoms with Gasteiger partial charge in [0.2, 0.25) is 0 Å². The highest BCUT2D eigenvalue weighted by atomic mass is 16.6. The van der Waals surface area contributed by atoms with E-state index in [2.05, 4.69) is 41.5 Å². The first kappa shape index (κ1) is 20.9. The van der Waals surface area contributed by atoms with Gasteiger partial charge in [0.15, 0.2) is 11.5 Å². The van der Waals surface area contributed by atoms with Gasteiger partial charge in [0.25, 0.3) is 0 Å². The van der Waals surface area contributed by atoms with Gasteiger partial charge in [-0.05, 0) is 48.7 Å². The summed E-state index contributed by atoms with van der Waals surface area (Å²) in [6, 6.07) is 17.1. The molecular formula is C26H25N3O4. The monoisotopic (exact) mass is 443 g/mol. The lowest BCUT2D eigenvalue weighted by Gasteiger charge is -2.19. The molecule has 0 bridgehead atoms. The Bertz CT molecular complexity index is 1310. The van der Waals surface area contributed by atoms with Crippen molar-refractivity contribution in [3.05, 3.63) is 71.3 Å². The summed E-state index contributed by atoms with van der Waals surface area (Å²) in [6.45, 7) is 5.52. The van der Waals surface area contributed by atoms with Gasteiger partial charge >= 0.3 is 0 Å². The minimum Gasteiger partial charge on any atom is -0.508 e. The minimum atomic E-state index is -0.0501. The second-order valence-corrected chi connectivity index (χ2v) is 8.14. The maximum absolute atomic E-state index is 10.7. The van der Waals surface area contributed by atoms with Crippen molar-refractivity contribution >= 4 is 0 Å². The van der Waals surface area contributed by atoms with Crippen LogP contribution in [0.4, 0.5) is 0 Å². The molecular weight excluding hydrogens is 418 g/mol. The van der Waals surface area contributed by atoms with Gasteiger partial charge in [-0.15, -0.1) is 5.10 Å². The van der Waals surface area contributed by atoms with Gasteiger partial charge in [-0.1, -0.05) is 42.0 Å². The largest absolute Gasteiger partial charge is 0.508 e. The Morgan fingerprint density at radius 1 is 0.909 bits per heavy atom. The minimum absolute atomic E-state index is 0.0501. The van der Waals surface area contributed by atoms with Crippen LogP contribution in [0.3, 0.4) is 0 Å². The van der Waals surface area contributed by atoms with Gasteiger partial charge < -0.3 is 19.7 Å². The van der Waals surface area contributed by atoms with Crippen LogP contribution in [0.1, 0.15) is 23.6 Å². The standard InChI is InChI=1S/C26H25N3O4/c1-3-18-12-20(22(31)14-21(18)30)25-26(19-8-9-23-24(13-19)33-11-10-32-23)29(28-27-25)15-17-6-4-16(2)5-7-17/h4-9,12-14,30-31H,3,10-11,15H2,1-2H3.